The predicted molar refractivity (Wildman–Crippen MR) is 37.4 cm³/mol. The fourth-order valence-electron chi connectivity index (χ4n) is 0.378. The van der Waals surface area contributed by atoms with Crippen molar-refractivity contribution in [3.63, 3.8) is 0 Å². The van der Waals surface area contributed by atoms with E-state index in [1.54, 1.807) is 0 Å². The Bertz CT molecular complexity index is 40.7. The minimum absolute atomic E-state index is 0.217. The van der Waals surface area contributed by atoms with Gasteiger partial charge >= 0.3 is 0 Å². The fraction of sp³-hybridized carbons (Fsp3) is 1.00. The van der Waals surface area contributed by atoms with Gasteiger partial charge in [0.1, 0.15) is 0 Å². The third-order valence-corrected chi connectivity index (χ3v) is 3.65. The average molecular weight is 140 g/mol. The van der Waals surface area contributed by atoms with Gasteiger partial charge in [0.15, 0.2) is 0 Å². The molecular formula is C4H11FP2. The van der Waals surface area contributed by atoms with Gasteiger partial charge in [-0.2, -0.15) is 0 Å². The highest BCUT2D eigenvalue weighted by Gasteiger charge is 1.94. The molecular weight excluding hydrogens is 129 g/mol. The Morgan fingerprint density at radius 3 is 2.43 bits per heavy atom. The maximum Gasteiger partial charge on any atom is 0.0907 e. The maximum atomic E-state index is 11.6. The Labute approximate surface area is 47.4 Å². The Morgan fingerprint density at radius 1 is 1.71 bits per heavy atom. The van der Waals surface area contributed by atoms with E-state index in [4.69, 9.17) is 0 Å². The predicted octanol–water partition coefficient (Wildman–Crippen LogP) is 2.99. The maximum absolute atomic E-state index is 11.6. The Kier molecular flexibility index (Phi) is 5.49. The molecule has 0 aliphatic heterocycles. The van der Waals surface area contributed by atoms with Crippen molar-refractivity contribution >= 4 is 16.2 Å². The first kappa shape index (κ1) is 7.79. The molecule has 0 aromatic heterocycles. The summed E-state index contributed by atoms with van der Waals surface area (Å²) in [6, 6.07) is 0. The second kappa shape index (κ2) is 4.94. The third kappa shape index (κ3) is 4.65. The van der Waals surface area contributed by atoms with Crippen molar-refractivity contribution in [1.29, 1.82) is 0 Å². The molecule has 0 radical (unpaired) electrons. The van der Waals surface area contributed by atoms with Crippen LogP contribution in [0.1, 0.15) is 13.3 Å². The second-order valence-electron chi connectivity index (χ2n) is 1.51. The highest BCUT2D eigenvalue weighted by atomic mass is 32.1. The van der Waals surface area contributed by atoms with Gasteiger partial charge in [0.25, 0.3) is 0 Å². The summed E-state index contributed by atoms with van der Waals surface area (Å²) in [6.45, 7) is 4.11. The summed E-state index contributed by atoms with van der Waals surface area (Å²) in [5.74, 6) is 0. The van der Waals surface area contributed by atoms with Crippen molar-refractivity contribution in [2.24, 2.45) is 0 Å². The standard InChI is InChI=1S/C4H11FP2/c1-3-4-7(2)6-5/h6H,3-4H2,1-2H3/t7-/m1/s1. The number of rotatable bonds is 3. The number of hydrogen-bond acceptors (Lipinski definition) is 0. The van der Waals surface area contributed by atoms with Crippen molar-refractivity contribution in [3.8, 4) is 0 Å². The van der Waals surface area contributed by atoms with Gasteiger partial charge in [0, 0.05) is 0 Å². The van der Waals surface area contributed by atoms with Gasteiger partial charge in [-0.1, -0.05) is 21.0 Å². The molecule has 0 rings (SSSR count). The quantitative estimate of drug-likeness (QED) is 0.528. The summed E-state index contributed by atoms with van der Waals surface area (Å²) in [6.07, 6.45) is 2.24. The van der Waals surface area contributed by atoms with Gasteiger partial charge in [-0.3, -0.25) is 0 Å². The van der Waals surface area contributed by atoms with E-state index in [-0.39, 0.29) is 16.2 Å². The first-order valence-electron chi connectivity index (χ1n) is 2.38. The van der Waals surface area contributed by atoms with Crippen LogP contribution in [0.25, 0.3) is 0 Å². The molecule has 0 nitrogen and oxygen atoms in total. The van der Waals surface area contributed by atoms with Gasteiger partial charge < -0.3 is 0 Å². The Morgan fingerprint density at radius 2 is 2.29 bits per heavy atom. The molecule has 0 aromatic rings. The van der Waals surface area contributed by atoms with E-state index in [2.05, 4.69) is 6.92 Å². The summed E-state index contributed by atoms with van der Waals surface area (Å²) in [5.41, 5.74) is 0. The van der Waals surface area contributed by atoms with Crippen molar-refractivity contribution in [2.45, 2.75) is 13.3 Å². The zero-order chi connectivity index (χ0) is 5.70. The van der Waals surface area contributed by atoms with Crippen LogP contribution in [0, 0.1) is 0 Å². The topological polar surface area (TPSA) is 0 Å². The van der Waals surface area contributed by atoms with Gasteiger partial charge in [-0.15, -0.1) is 0 Å². The lowest BCUT2D eigenvalue weighted by Gasteiger charge is -2.00. The molecule has 0 aliphatic carbocycles. The van der Waals surface area contributed by atoms with E-state index in [0.717, 1.165) is 12.6 Å². The van der Waals surface area contributed by atoms with E-state index in [9.17, 15) is 4.20 Å². The van der Waals surface area contributed by atoms with Gasteiger partial charge in [-0.05, 0) is 12.8 Å². The number of halogens is 1. The van der Waals surface area contributed by atoms with Crippen molar-refractivity contribution in [3.05, 3.63) is 0 Å². The van der Waals surface area contributed by atoms with Crippen molar-refractivity contribution in [1.82, 2.24) is 0 Å². The Balaban J connectivity index is 2.83. The summed E-state index contributed by atoms with van der Waals surface area (Å²) in [4.78, 5) is 0. The monoisotopic (exact) mass is 140 g/mol. The van der Waals surface area contributed by atoms with E-state index in [1.807, 2.05) is 6.66 Å². The molecule has 0 saturated carbocycles. The van der Waals surface area contributed by atoms with E-state index >= 15 is 0 Å². The molecule has 0 heterocycles. The molecule has 7 heavy (non-hydrogen) atoms. The van der Waals surface area contributed by atoms with Crippen molar-refractivity contribution < 1.29 is 4.20 Å². The molecule has 0 amide bonds. The summed E-state index contributed by atoms with van der Waals surface area (Å²) in [7, 11) is -0.514. The van der Waals surface area contributed by atoms with E-state index in [0.29, 0.717) is 0 Å². The smallest absolute Gasteiger partial charge is 0.0907 e. The van der Waals surface area contributed by atoms with Crippen LogP contribution in [0.5, 0.6) is 0 Å². The van der Waals surface area contributed by atoms with Gasteiger partial charge in [0.05, 0.1) is 8.58 Å². The number of hydrogen-bond donors (Lipinski definition) is 0. The van der Waals surface area contributed by atoms with Crippen LogP contribution in [0.4, 0.5) is 4.20 Å². The summed E-state index contributed by atoms with van der Waals surface area (Å²) < 4.78 is 11.6. The highest BCUT2D eigenvalue weighted by molar-refractivity contribution is 8.19. The minimum Gasteiger partial charge on any atom is -0.226 e. The molecule has 0 fully saturated rings. The summed E-state index contributed by atoms with van der Waals surface area (Å²) >= 11 is 0. The lowest BCUT2D eigenvalue weighted by atomic mass is 10.6. The molecule has 44 valence electrons. The highest BCUT2D eigenvalue weighted by Crippen LogP contribution is 2.52. The molecule has 2 atom stereocenters. The van der Waals surface area contributed by atoms with Crippen LogP contribution in [0.2, 0.25) is 0 Å². The zero-order valence-electron chi connectivity index (χ0n) is 4.74. The zero-order valence-corrected chi connectivity index (χ0v) is 6.63. The van der Waals surface area contributed by atoms with Crippen molar-refractivity contribution in [2.75, 3.05) is 12.8 Å². The SMILES string of the molecule is CCC[P@@](C)PF. The second-order valence-corrected chi connectivity index (χ2v) is 6.32. The molecule has 0 aromatic carbocycles. The first-order valence-corrected chi connectivity index (χ1v) is 6.08. The van der Waals surface area contributed by atoms with Crippen LogP contribution in [0.3, 0.4) is 0 Å². The molecule has 0 N–H and O–H groups in total. The van der Waals surface area contributed by atoms with Crippen LogP contribution in [-0.4, -0.2) is 12.8 Å². The molecule has 1 unspecified atom stereocenters. The first-order chi connectivity index (χ1) is 3.31. The largest absolute Gasteiger partial charge is 0.226 e. The molecule has 0 aliphatic rings. The normalized spacial score (nSPS) is 15.9. The van der Waals surface area contributed by atoms with Crippen LogP contribution >= 0.6 is 16.2 Å². The fourth-order valence-corrected chi connectivity index (χ4v) is 2.06. The van der Waals surface area contributed by atoms with Crippen LogP contribution < -0.4 is 0 Å². The van der Waals surface area contributed by atoms with E-state index in [1.165, 1.54) is 0 Å². The van der Waals surface area contributed by atoms with Gasteiger partial charge in [0.2, 0.25) is 0 Å². The molecule has 0 bridgehead atoms. The summed E-state index contributed by atoms with van der Waals surface area (Å²) in [5, 5.41) is 0. The average Bonchev–Trinajstić information content (AvgIpc) is 1.68. The van der Waals surface area contributed by atoms with Crippen LogP contribution in [0.15, 0.2) is 0 Å². The lowest BCUT2D eigenvalue weighted by Crippen LogP contribution is -1.69. The van der Waals surface area contributed by atoms with E-state index < -0.39 is 0 Å². The molecule has 0 saturated heterocycles. The lowest BCUT2D eigenvalue weighted by molar-refractivity contribution is 0.934. The molecule has 3 heteroatoms. The van der Waals surface area contributed by atoms with Gasteiger partial charge in [-0.25, -0.2) is 4.20 Å². The Hall–Kier alpha value is 0.790. The molecule has 0 spiro atoms. The third-order valence-electron chi connectivity index (χ3n) is 0.703. The van der Waals surface area contributed by atoms with Crippen LogP contribution in [-0.2, 0) is 0 Å². The minimum atomic E-state index is -0.297.